The molecular formula is C27H34Cl2N6O. The Kier molecular flexibility index (Phi) is 7.52. The summed E-state index contributed by atoms with van der Waals surface area (Å²) in [5.74, 6) is 1.30. The van der Waals surface area contributed by atoms with Crippen LogP contribution in [0.2, 0.25) is 10.0 Å². The number of halogens is 2. The molecule has 0 N–H and O–H groups in total. The Labute approximate surface area is 222 Å². The van der Waals surface area contributed by atoms with Crippen LogP contribution in [-0.2, 0) is 0 Å². The first-order valence-corrected chi connectivity index (χ1v) is 13.8. The number of aromatic nitrogens is 4. The van der Waals surface area contributed by atoms with Gasteiger partial charge in [0.25, 0.3) is 0 Å². The lowest BCUT2D eigenvalue weighted by atomic mass is 9.87. The quantitative estimate of drug-likeness (QED) is 0.363. The lowest BCUT2D eigenvalue weighted by Crippen LogP contribution is -2.52. The van der Waals surface area contributed by atoms with Crippen LogP contribution in [0, 0.1) is 5.92 Å². The Bertz CT molecular complexity index is 1250. The number of piperidine rings is 2. The fourth-order valence-corrected chi connectivity index (χ4v) is 6.46. The van der Waals surface area contributed by atoms with Crippen LogP contribution in [0.5, 0.6) is 0 Å². The molecule has 3 aromatic rings. The van der Waals surface area contributed by atoms with Crippen molar-refractivity contribution in [2.24, 2.45) is 5.92 Å². The minimum Gasteiger partial charge on any atom is -0.355 e. The summed E-state index contributed by atoms with van der Waals surface area (Å²) in [4.78, 5) is 27.2. The van der Waals surface area contributed by atoms with Crippen molar-refractivity contribution < 1.29 is 4.79 Å². The molecule has 3 atom stereocenters. The molecule has 2 aromatic heterocycles. The molecule has 3 unspecified atom stereocenters. The van der Waals surface area contributed by atoms with Gasteiger partial charge in [0.05, 0.1) is 12.2 Å². The Morgan fingerprint density at radius 3 is 2.64 bits per heavy atom. The predicted molar refractivity (Wildman–Crippen MR) is 145 cm³/mol. The van der Waals surface area contributed by atoms with E-state index < -0.39 is 0 Å². The van der Waals surface area contributed by atoms with Crippen LogP contribution in [0.3, 0.4) is 0 Å². The third-order valence-electron chi connectivity index (χ3n) is 7.91. The molecule has 0 saturated carbocycles. The van der Waals surface area contributed by atoms with E-state index in [2.05, 4.69) is 21.8 Å². The second-order valence-electron chi connectivity index (χ2n) is 10.2. The molecule has 2 aliphatic rings. The predicted octanol–water partition coefficient (Wildman–Crippen LogP) is 6.04. The molecule has 9 heteroatoms. The molecule has 36 heavy (non-hydrogen) atoms. The van der Waals surface area contributed by atoms with E-state index in [9.17, 15) is 4.79 Å². The first kappa shape index (κ1) is 25.4. The Morgan fingerprint density at radius 1 is 1.17 bits per heavy atom. The third-order valence-corrected chi connectivity index (χ3v) is 8.47. The van der Waals surface area contributed by atoms with Gasteiger partial charge in [0.15, 0.2) is 17.1 Å². The molecule has 2 aliphatic heterocycles. The van der Waals surface area contributed by atoms with Crippen molar-refractivity contribution >= 4 is 46.0 Å². The van der Waals surface area contributed by atoms with Gasteiger partial charge in [-0.25, -0.2) is 14.6 Å². The highest BCUT2D eigenvalue weighted by molar-refractivity contribution is 6.35. The number of hydrogen-bond donors (Lipinski definition) is 0. The maximum atomic E-state index is 12.4. The summed E-state index contributed by atoms with van der Waals surface area (Å²) >= 11 is 12.6. The van der Waals surface area contributed by atoms with Gasteiger partial charge in [0.1, 0.15) is 11.3 Å². The number of ketones is 1. The van der Waals surface area contributed by atoms with E-state index in [-0.39, 0.29) is 11.8 Å². The number of rotatable bonds is 6. The molecule has 0 amide bonds. The van der Waals surface area contributed by atoms with Gasteiger partial charge in [0, 0.05) is 36.1 Å². The zero-order valence-electron chi connectivity index (χ0n) is 21.3. The zero-order chi connectivity index (χ0) is 25.4. The van der Waals surface area contributed by atoms with E-state index in [4.69, 9.17) is 33.2 Å². The number of likely N-dealkylation sites (tertiary alicyclic amines) is 1. The van der Waals surface area contributed by atoms with Crippen LogP contribution in [0.4, 0.5) is 5.82 Å². The van der Waals surface area contributed by atoms with E-state index in [1.165, 1.54) is 39.3 Å². The van der Waals surface area contributed by atoms with Crippen LogP contribution >= 0.6 is 23.2 Å². The summed E-state index contributed by atoms with van der Waals surface area (Å²) in [6.07, 6.45) is 8.07. The van der Waals surface area contributed by atoms with Crippen LogP contribution in [-0.4, -0.2) is 62.7 Å². The minimum atomic E-state index is -0.247. The highest BCUT2D eigenvalue weighted by atomic mass is 35.5. The topological polar surface area (TPSA) is 67.2 Å². The van der Waals surface area contributed by atoms with Gasteiger partial charge in [-0.05, 0) is 62.9 Å². The second-order valence-corrected chi connectivity index (χ2v) is 11.0. The van der Waals surface area contributed by atoms with Crippen molar-refractivity contribution in [1.29, 1.82) is 0 Å². The van der Waals surface area contributed by atoms with E-state index in [0.29, 0.717) is 38.9 Å². The molecular weight excluding hydrogens is 495 g/mol. The summed E-state index contributed by atoms with van der Waals surface area (Å²) in [6.45, 7) is 10.2. The summed E-state index contributed by atoms with van der Waals surface area (Å²) in [6, 6.07) is 5.82. The van der Waals surface area contributed by atoms with Crippen molar-refractivity contribution in [3.05, 3.63) is 45.7 Å². The fraction of sp³-hybridized carbons (Fsp3) is 0.556. The van der Waals surface area contributed by atoms with Crippen molar-refractivity contribution in [1.82, 2.24) is 24.6 Å². The van der Waals surface area contributed by atoms with Crippen molar-refractivity contribution in [2.75, 3.05) is 31.1 Å². The maximum absolute atomic E-state index is 12.4. The molecule has 192 valence electrons. The first-order valence-electron chi connectivity index (χ1n) is 13.1. The summed E-state index contributed by atoms with van der Waals surface area (Å²) in [7, 11) is 0. The van der Waals surface area contributed by atoms with E-state index in [0.717, 1.165) is 37.3 Å². The molecule has 2 saturated heterocycles. The molecule has 1 aromatic carbocycles. The maximum Gasteiger partial charge on any atom is 0.182 e. The number of hydrogen-bond acceptors (Lipinski definition) is 6. The van der Waals surface area contributed by atoms with Gasteiger partial charge in [-0.15, -0.1) is 0 Å². The van der Waals surface area contributed by atoms with Gasteiger partial charge in [-0.3, -0.25) is 9.69 Å². The zero-order valence-corrected chi connectivity index (χ0v) is 22.8. The molecule has 0 bridgehead atoms. The number of benzene rings is 1. The Balaban J connectivity index is 1.48. The largest absolute Gasteiger partial charge is 0.355 e. The highest BCUT2D eigenvalue weighted by Crippen LogP contribution is 2.33. The number of anilines is 1. The van der Waals surface area contributed by atoms with Gasteiger partial charge in [-0.2, -0.15) is 5.10 Å². The minimum absolute atomic E-state index is 0.136. The second kappa shape index (κ2) is 10.6. The van der Waals surface area contributed by atoms with Gasteiger partial charge in [-0.1, -0.05) is 49.0 Å². The molecule has 5 rings (SSSR count). The smallest absolute Gasteiger partial charge is 0.182 e. The average molecular weight is 530 g/mol. The molecule has 0 aliphatic carbocycles. The lowest BCUT2D eigenvalue weighted by molar-refractivity contribution is 0.0974. The molecule has 0 spiro atoms. The van der Waals surface area contributed by atoms with Gasteiger partial charge < -0.3 is 4.90 Å². The van der Waals surface area contributed by atoms with Crippen LogP contribution in [0.25, 0.3) is 11.2 Å². The van der Waals surface area contributed by atoms with Crippen molar-refractivity contribution in [3.63, 3.8) is 0 Å². The highest BCUT2D eigenvalue weighted by Gasteiger charge is 2.34. The number of carbonyl (C=O) groups excluding carboxylic acids is 1. The Morgan fingerprint density at radius 2 is 1.94 bits per heavy atom. The third kappa shape index (κ3) is 4.85. The SMILES string of the molecule is CCC1CN(c2cnc3c(C(C)=O)nn(C(C)c4ccc(Cl)cc4Cl)c3n2)CCC1N1CCCCC1. The number of fused-ring (bicyclic) bond motifs is 1. The van der Waals surface area contributed by atoms with E-state index >= 15 is 0 Å². The van der Waals surface area contributed by atoms with Crippen molar-refractivity contribution in [3.8, 4) is 0 Å². The summed E-state index contributed by atoms with van der Waals surface area (Å²) in [5, 5.41) is 5.77. The number of carbonyl (C=O) groups is 1. The monoisotopic (exact) mass is 528 g/mol. The summed E-state index contributed by atoms with van der Waals surface area (Å²) < 4.78 is 1.77. The lowest BCUT2D eigenvalue weighted by Gasteiger charge is -2.45. The summed E-state index contributed by atoms with van der Waals surface area (Å²) in [5.41, 5.74) is 2.32. The molecule has 2 fully saturated rings. The molecule has 7 nitrogen and oxygen atoms in total. The average Bonchev–Trinajstić information content (AvgIpc) is 3.28. The van der Waals surface area contributed by atoms with Gasteiger partial charge >= 0.3 is 0 Å². The van der Waals surface area contributed by atoms with E-state index in [1.807, 2.05) is 19.1 Å². The van der Waals surface area contributed by atoms with E-state index in [1.54, 1.807) is 16.9 Å². The Hall–Kier alpha value is -2.22. The standard InChI is InChI=1S/C27H34Cl2N6O/c1-4-19-16-34(13-10-23(19)33-11-6-5-7-12-33)24-15-30-26-25(18(3)36)32-35(27(26)31-24)17(2)21-9-8-20(28)14-22(21)29/h8-9,14-15,17,19,23H,4-7,10-13,16H2,1-3H3. The van der Waals surface area contributed by atoms with Crippen LogP contribution < -0.4 is 4.90 Å². The van der Waals surface area contributed by atoms with Crippen LogP contribution in [0.15, 0.2) is 24.4 Å². The number of nitrogens with zero attached hydrogens (tertiary/aromatic N) is 6. The normalized spacial score (nSPS) is 22.2. The van der Waals surface area contributed by atoms with Crippen LogP contribution in [0.1, 0.15) is 75.0 Å². The molecule has 4 heterocycles. The van der Waals surface area contributed by atoms with Crippen molar-refractivity contribution in [2.45, 2.75) is 65.0 Å². The molecule has 0 radical (unpaired) electrons. The fourth-order valence-electron chi connectivity index (χ4n) is 5.89. The number of Topliss-reactive ketones (excluding diaryl/α,β-unsaturated/α-hetero) is 1. The first-order chi connectivity index (χ1) is 17.4. The van der Waals surface area contributed by atoms with Gasteiger partial charge in [0.2, 0.25) is 0 Å².